The minimum atomic E-state index is -1.45. The maximum absolute atomic E-state index is 13.7. The Morgan fingerprint density at radius 3 is 2.27 bits per heavy atom. The molecule has 12 heteroatoms. The summed E-state index contributed by atoms with van der Waals surface area (Å²) in [5.74, 6) is -2.31. The van der Waals surface area contributed by atoms with E-state index in [1.807, 2.05) is 36.4 Å². The third kappa shape index (κ3) is 10.3. The van der Waals surface area contributed by atoms with E-state index in [2.05, 4.69) is 10.2 Å². The van der Waals surface area contributed by atoms with E-state index in [0.717, 1.165) is 18.5 Å². The van der Waals surface area contributed by atoms with Crippen LogP contribution in [0.15, 0.2) is 120 Å². The second-order valence-electron chi connectivity index (χ2n) is 11.7. The summed E-state index contributed by atoms with van der Waals surface area (Å²) >= 11 is 0. The number of non-ortho nitro benzene ring substituents is 1. The summed E-state index contributed by atoms with van der Waals surface area (Å²) in [7, 11) is 0. The molecular weight excluding hydrogens is 695 g/mol. The molecule has 51 heavy (non-hydrogen) atoms. The molecule has 0 saturated carbocycles. The van der Waals surface area contributed by atoms with Crippen LogP contribution in [0, 0.1) is 10.1 Å². The predicted molar refractivity (Wildman–Crippen MR) is 190 cm³/mol. The third-order valence-electron chi connectivity index (χ3n) is 8.28. The van der Waals surface area contributed by atoms with Gasteiger partial charge >= 0.3 is 11.9 Å². The Morgan fingerprint density at radius 2 is 1.63 bits per heavy atom. The molecule has 1 aliphatic heterocycles. The minimum Gasteiger partial charge on any atom is -0.625 e. The fraction of sp³-hybridized carbons (Fsp3) is 0.231. The van der Waals surface area contributed by atoms with Gasteiger partial charge in [-0.3, -0.25) is 20.0 Å². The third-order valence-corrected chi connectivity index (χ3v) is 8.28. The fourth-order valence-electron chi connectivity index (χ4n) is 5.84. The number of hydrogen-bond acceptors (Lipinski definition) is 8. The van der Waals surface area contributed by atoms with Crippen molar-refractivity contribution in [3.63, 3.8) is 0 Å². The smallest absolute Gasteiger partial charge is 0.334 e. The van der Waals surface area contributed by atoms with Gasteiger partial charge in [0.05, 0.1) is 29.2 Å². The van der Waals surface area contributed by atoms with Gasteiger partial charge in [0.15, 0.2) is 6.04 Å². The van der Waals surface area contributed by atoms with Crippen LogP contribution in [-0.4, -0.2) is 63.7 Å². The summed E-state index contributed by atoms with van der Waals surface area (Å²) in [4.78, 5) is 57.0. The molecular formula is C39H37N4NiO7-. The largest absolute Gasteiger partial charge is 0.625 e. The Bertz CT molecular complexity index is 1880. The van der Waals surface area contributed by atoms with E-state index in [1.165, 1.54) is 30.3 Å². The van der Waals surface area contributed by atoms with Crippen molar-refractivity contribution < 1.29 is 45.6 Å². The van der Waals surface area contributed by atoms with Crippen LogP contribution in [0.1, 0.15) is 48.4 Å². The summed E-state index contributed by atoms with van der Waals surface area (Å²) in [6, 6.07) is 29.6. The number of para-hydroxylation sites is 1. The molecule has 1 heterocycles. The number of carboxylic acids is 1. The zero-order valence-electron chi connectivity index (χ0n) is 27.9. The van der Waals surface area contributed by atoms with Crippen LogP contribution in [0.3, 0.4) is 0 Å². The quantitative estimate of drug-likeness (QED) is 0.0359. The van der Waals surface area contributed by atoms with Gasteiger partial charge in [0, 0.05) is 52.7 Å². The zero-order valence-corrected chi connectivity index (χ0v) is 28.9. The van der Waals surface area contributed by atoms with E-state index < -0.39 is 28.9 Å². The second-order valence-corrected chi connectivity index (χ2v) is 11.7. The van der Waals surface area contributed by atoms with Gasteiger partial charge in [-0.2, -0.15) is 0 Å². The number of carbonyl (C=O) groups excluding carboxylic acids is 2. The number of nitro groups is 1. The summed E-state index contributed by atoms with van der Waals surface area (Å²) < 4.78 is 5.24. The first-order chi connectivity index (χ1) is 24.2. The van der Waals surface area contributed by atoms with Crippen LogP contribution >= 0.6 is 0 Å². The molecule has 5 rings (SSSR count). The first kappa shape index (κ1) is 38.4. The molecule has 4 aromatic rings. The fourth-order valence-corrected chi connectivity index (χ4v) is 5.84. The molecule has 0 aliphatic carbocycles. The van der Waals surface area contributed by atoms with Crippen LogP contribution in [0.5, 0.6) is 0 Å². The number of carbonyl (C=O) groups is 3. The molecule has 1 amide bonds. The number of rotatable bonds is 14. The van der Waals surface area contributed by atoms with Gasteiger partial charge in [0.1, 0.15) is 0 Å². The molecule has 266 valence electrons. The molecule has 1 N–H and O–H groups in total. The number of hydrogen-bond donors (Lipinski definition) is 1. The van der Waals surface area contributed by atoms with E-state index in [1.54, 1.807) is 55.5 Å². The number of amides is 1. The molecule has 0 spiro atoms. The average molecular weight is 732 g/mol. The topological polar surface area (TPSA) is 154 Å². The van der Waals surface area contributed by atoms with E-state index >= 15 is 0 Å². The monoisotopic (exact) mass is 731 g/mol. The standard InChI is InChI=1S/C39H38N4O7.Ni/c1-2-50-39(47)30(24-27-19-21-31(22-20-27)43(48)49)25-34(38(45)46)40-36(29-14-7-4-8-15-29)32-16-9-10-17-33(32)41-37(44)35-18-11-23-42(35)26-28-12-5-3-6-13-28;/h3-10,12-17,19-22,24,34-35H,2,11,18,23,25-26H2,1H3,(H2,40,41,44,45,46);/p-1/b30-24+;. The first-order valence-electron chi connectivity index (χ1n) is 16.3. The Hall–Kier alpha value is -5.45. The van der Waals surface area contributed by atoms with Crippen LogP contribution < -0.4 is 0 Å². The number of aliphatic imine (C=N–C) groups is 1. The molecule has 4 aromatic carbocycles. The number of ether oxygens (including phenoxy) is 1. The Kier molecular flexibility index (Phi) is 13.9. The molecule has 2 unspecified atom stereocenters. The Labute approximate surface area is 306 Å². The van der Waals surface area contributed by atoms with Crippen molar-refractivity contribution in [3.8, 4) is 0 Å². The Morgan fingerprint density at radius 1 is 0.980 bits per heavy atom. The molecule has 0 aromatic heterocycles. The van der Waals surface area contributed by atoms with E-state index in [4.69, 9.17) is 9.73 Å². The SMILES string of the molecule is CCOC(=O)/C(=C/c1ccc([N+](=O)[O-])cc1)CC(N=C(c1ccccc1)c1ccccc1[N-]C(=O)C1CCCN1Cc1ccccc1)C(=O)O.[Ni]. The number of benzene rings is 4. The van der Waals surface area contributed by atoms with Gasteiger partial charge in [-0.05, 0) is 61.2 Å². The summed E-state index contributed by atoms with van der Waals surface area (Å²) in [6.07, 6.45) is 2.65. The Balaban J connectivity index is 0.00000583. The van der Waals surface area contributed by atoms with Crippen LogP contribution in [0.25, 0.3) is 11.4 Å². The molecule has 1 aliphatic rings. The molecule has 11 nitrogen and oxygen atoms in total. The van der Waals surface area contributed by atoms with Crippen LogP contribution in [0.4, 0.5) is 11.4 Å². The normalized spacial score (nSPS) is 15.4. The number of nitrogens with zero attached hydrogens (tertiary/aromatic N) is 4. The number of likely N-dealkylation sites (tertiary alicyclic amines) is 1. The van der Waals surface area contributed by atoms with Gasteiger partial charge in [-0.1, -0.05) is 84.9 Å². The second kappa shape index (κ2) is 18.5. The van der Waals surface area contributed by atoms with Crippen molar-refractivity contribution in [2.24, 2.45) is 4.99 Å². The maximum Gasteiger partial charge on any atom is 0.334 e. The molecule has 2 atom stereocenters. The molecule has 1 fully saturated rings. The molecule has 0 radical (unpaired) electrons. The van der Waals surface area contributed by atoms with Crippen molar-refractivity contribution in [2.75, 3.05) is 13.2 Å². The van der Waals surface area contributed by atoms with E-state index in [9.17, 15) is 29.6 Å². The molecule has 1 saturated heterocycles. The molecule has 0 bridgehead atoms. The van der Waals surface area contributed by atoms with Crippen molar-refractivity contribution >= 4 is 41.0 Å². The van der Waals surface area contributed by atoms with Crippen molar-refractivity contribution in [1.29, 1.82) is 0 Å². The van der Waals surface area contributed by atoms with E-state index in [-0.39, 0.29) is 52.4 Å². The zero-order chi connectivity index (χ0) is 35.5. The van der Waals surface area contributed by atoms with Crippen LogP contribution in [-0.2, 0) is 42.2 Å². The minimum absolute atomic E-state index is 0. The van der Waals surface area contributed by atoms with Gasteiger partial charge in [-0.15, -0.1) is 5.69 Å². The van der Waals surface area contributed by atoms with Gasteiger partial charge in [-0.25, -0.2) is 9.59 Å². The van der Waals surface area contributed by atoms with E-state index in [0.29, 0.717) is 35.3 Å². The number of esters is 1. The van der Waals surface area contributed by atoms with Crippen molar-refractivity contribution in [3.05, 3.63) is 152 Å². The number of nitro benzene ring substituents is 1. The van der Waals surface area contributed by atoms with Crippen molar-refractivity contribution in [2.45, 2.75) is 44.8 Å². The van der Waals surface area contributed by atoms with Crippen LogP contribution in [0.2, 0.25) is 0 Å². The van der Waals surface area contributed by atoms with Gasteiger partial charge in [0.25, 0.3) is 5.69 Å². The number of carboxylic acid groups (broad SMARTS) is 1. The van der Waals surface area contributed by atoms with Gasteiger partial charge in [0.2, 0.25) is 0 Å². The first-order valence-corrected chi connectivity index (χ1v) is 16.3. The summed E-state index contributed by atoms with van der Waals surface area (Å²) in [6.45, 7) is 3.09. The van der Waals surface area contributed by atoms with Gasteiger partial charge < -0.3 is 20.0 Å². The predicted octanol–water partition coefficient (Wildman–Crippen LogP) is 7.12. The van der Waals surface area contributed by atoms with Crippen molar-refractivity contribution in [1.82, 2.24) is 4.90 Å². The maximum atomic E-state index is 13.7. The summed E-state index contributed by atoms with van der Waals surface area (Å²) in [5, 5.41) is 26.1. The number of aliphatic carboxylic acids is 1. The summed E-state index contributed by atoms with van der Waals surface area (Å²) in [5.41, 5.74) is 3.15. The average Bonchev–Trinajstić information content (AvgIpc) is 3.59.